The van der Waals surface area contributed by atoms with Crippen LogP contribution in [-0.2, 0) is 23.6 Å². The van der Waals surface area contributed by atoms with Gasteiger partial charge in [-0.1, -0.05) is 13.0 Å². The van der Waals surface area contributed by atoms with Crippen molar-refractivity contribution in [1.29, 1.82) is 0 Å². The normalized spacial score (nSPS) is 18.6. The third-order valence-corrected chi connectivity index (χ3v) is 4.87. The molecule has 0 radical (unpaired) electrons. The van der Waals surface area contributed by atoms with Gasteiger partial charge < -0.3 is 15.0 Å². The van der Waals surface area contributed by atoms with Crippen LogP contribution in [0.15, 0.2) is 24.4 Å². The van der Waals surface area contributed by atoms with Crippen LogP contribution in [0.4, 0.5) is 0 Å². The molecule has 1 aromatic carbocycles. The summed E-state index contributed by atoms with van der Waals surface area (Å²) < 4.78 is 7.78. The first-order valence-corrected chi connectivity index (χ1v) is 7.56. The zero-order valence-corrected chi connectivity index (χ0v) is 12.5. The second-order valence-corrected chi connectivity index (χ2v) is 5.96. The number of fused-ring (bicyclic) bond motifs is 1. The standard InChI is InChI=1S/C17H24N2O/c1-3-13-4-5-16-14(10-13)15(11-19(16)2)17(12-18)6-8-20-9-7-17/h4-5,10-11H,3,6-9,12,18H2,1-2H3. The third kappa shape index (κ3) is 2.05. The van der Waals surface area contributed by atoms with Crippen LogP contribution in [0, 0.1) is 0 Å². The van der Waals surface area contributed by atoms with E-state index in [0.717, 1.165) is 32.5 Å². The highest BCUT2D eigenvalue weighted by Crippen LogP contribution is 2.39. The van der Waals surface area contributed by atoms with Gasteiger partial charge in [0.1, 0.15) is 0 Å². The highest BCUT2D eigenvalue weighted by atomic mass is 16.5. The van der Waals surface area contributed by atoms with Crippen LogP contribution in [0.25, 0.3) is 10.9 Å². The minimum Gasteiger partial charge on any atom is -0.381 e. The van der Waals surface area contributed by atoms with E-state index in [9.17, 15) is 0 Å². The molecular weight excluding hydrogens is 248 g/mol. The molecule has 0 amide bonds. The molecule has 2 aromatic rings. The van der Waals surface area contributed by atoms with Crippen LogP contribution in [0.3, 0.4) is 0 Å². The molecule has 1 aromatic heterocycles. The molecule has 1 saturated heterocycles. The monoisotopic (exact) mass is 272 g/mol. The first-order chi connectivity index (χ1) is 9.70. The van der Waals surface area contributed by atoms with E-state index in [4.69, 9.17) is 10.5 Å². The number of aromatic nitrogens is 1. The van der Waals surface area contributed by atoms with Gasteiger partial charge in [-0.3, -0.25) is 0 Å². The summed E-state index contributed by atoms with van der Waals surface area (Å²) in [6.07, 6.45) is 5.41. The predicted octanol–water partition coefficient (Wildman–Crippen LogP) is 2.75. The van der Waals surface area contributed by atoms with Crippen LogP contribution < -0.4 is 5.73 Å². The van der Waals surface area contributed by atoms with Gasteiger partial charge in [-0.2, -0.15) is 0 Å². The Morgan fingerprint density at radius 3 is 2.70 bits per heavy atom. The average Bonchev–Trinajstić information content (AvgIpc) is 2.85. The molecule has 2 N–H and O–H groups in total. The molecule has 3 rings (SSSR count). The van der Waals surface area contributed by atoms with Crippen molar-refractivity contribution in [3.63, 3.8) is 0 Å². The maximum atomic E-state index is 6.18. The van der Waals surface area contributed by atoms with Gasteiger partial charge in [0, 0.05) is 49.3 Å². The number of hydrogen-bond acceptors (Lipinski definition) is 2. The molecule has 3 nitrogen and oxygen atoms in total. The first-order valence-electron chi connectivity index (χ1n) is 7.56. The van der Waals surface area contributed by atoms with Gasteiger partial charge in [-0.15, -0.1) is 0 Å². The van der Waals surface area contributed by atoms with Gasteiger partial charge in [0.2, 0.25) is 0 Å². The number of aryl methyl sites for hydroxylation is 2. The van der Waals surface area contributed by atoms with E-state index < -0.39 is 0 Å². The molecule has 0 aliphatic carbocycles. The lowest BCUT2D eigenvalue weighted by Gasteiger charge is -2.36. The van der Waals surface area contributed by atoms with Gasteiger partial charge in [0.25, 0.3) is 0 Å². The molecule has 1 fully saturated rings. The third-order valence-electron chi connectivity index (χ3n) is 4.87. The Balaban J connectivity index is 2.18. The summed E-state index contributed by atoms with van der Waals surface area (Å²) in [7, 11) is 2.13. The van der Waals surface area contributed by atoms with Gasteiger partial charge in [-0.05, 0) is 42.5 Å². The van der Waals surface area contributed by atoms with Gasteiger partial charge in [0.15, 0.2) is 0 Å². The van der Waals surface area contributed by atoms with Crippen molar-refractivity contribution in [3.05, 3.63) is 35.5 Å². The molecule has 2 heterocycles. The van der Waals surface area contributed by atoms with Crippen LogP contribution in [0.5, 0.6) is 0 Å². The van der Waals surface area contributed by atoms with Crippen molar-refractivity contribution in [2.75, 3.05) is 19.8 Å². The molecule has 0 unspecified atom stereocenters. The minimum absolute atomic E-state index is 0.0874. The number of rotatable bonds is 3. The quantitative estimate of drug-likeness (QED) is 0.933. The maximum absolute atomic E-state index is 6.18. The fourth-order valence-corrected chi connectivity index (χ4v) is 3.43. The predicted molar refractivity (Wildman–Crippen MR) is 83.1 cm³/mol. The van der Waals surface area contributed by atoms with Crippen LogP contribution >= 0.6 is 0 Å². The Labute approximate surface area is 120 Å². The van der Waals surface area contributed by atoms with Crippen molar-refractivity contribution in [2.45, 2.75) is 31.6 Å². The molecule has 0 atom stereocenters. The van der Waals surface area contributed by atoms with E-state index in [2.05, 4.69) is 42.9 Å². The minimum atomic E-state index is 0.0874. The molecule has 0 saturated carbocycles. The molecule has 20 heavy (non-hydrogen) atoms. The smallest absolute Gasteiger partial charge is 0.0480 e. The number of hydrogen-bond donors (Lipinski definition) is 1. The first kappa shape index (κ1) is 13.7. The van der Waals surface area contributed by atoms with Crippen molar-refractivity contribution in [3.8, 4) is 0 Å². The Morgan fingerprint density at radius 1 is 1.30 bits per heavy atom. The number of benzene rings is 1. The Bertz CT molecular complexity index is 609. The lowest BCUT2D eigenvalue weighted by atomic mass is 9.74. The largest absolute Gasteiger partial charge is 0.381 e. The molecule has 3 heteroatoms. The molecule has 0 spiro atoms. The maximum Gasteiger partial charge on any atom is 0.0480 e. The SMILES string of the molecule is CCc1ccc2c(c1)c(C1(CN)CCOCC1)cn2C. The lowest BCUT2D eigenvalue weighted by Crippen LogP contribution is -2.40. The van der Waals surface area contributed by atoms with Crippen molar-refractivity contribution in [2.24, 2.45) is 12.8 Å². The van der Waals surface area contributed by atoms with E-state index in [1.165, 1.54) is 22.0 Å². The van der Waals surface area contributed by atoms with Crippen LogP contribution in [0.2, 0.25) is 0 Å². The van der Waals surface area contributed by atoms with Crippen LogP contribution in [0.1, 0.15) is 30.9 Å². The Hall–Kier alpha value is -1.32. The highest BCUT2D eigenvalue weighted by molar-refractivity contribution is 5.86. The number of nitrogens with two attached hydrogens (primary N) is 1. The van der Waals surface area contributed by atoms with E-state index in [1.807, 2.05) is 0 Å². The van der Waals surface area contributed by atoms with Crippen molar-refractivity contribution < 1.29 is 4.74 Å². The van der Waals surface area contributed by atoms with Crippen molar-refractivity contribution in [1.82, 2.24) is 4.57 Å². The fourth-order valence-electron chi connectivity index (χ4n) is 3.43. The summed E-state index contributed by atoms with van der Waals surface area (Å²) in [5, 5.41) is 1.37. The fraction of sp³-hybridized carbons (Fsp3) is 0.529. The van der Waals surface area contributed by atoms with Gasteiger partial charge in [0.05, 0.1) is 0 Å². The lowest BCUT2D eigenvalue weighted by molar-refractivity contribution is 0.0534. The van der Waals surface area contributed by atoms with E-state index >= 15 is 0 Å². The molecule has 1 aliphatic heterocycles. The summed E-state index contributed by atoms with van der Waals surface area (Å²) >= 11 is 0. The van der Waals surface area contributed by atoms with Crippen LogP contribution in [-0.4, -0.2) is 24.3 Å². The van der Waals surface area contributed by atoms with Gasteiger partial charge in [-0.25, -0.2) is 0 Å². The number of nitrogens with zero attached hydrogens (tertiary/aromatic N) is 1. The summed E-state index contributed by atoms with van der Waals surface area (Å²) in [5.41, 5.74) is 10.4. The van der Waals surface area contributed by atoms with E-state index in [1.54, 1.807) is 0 Å². The molecular formula is C17H24N2O. The molecule has 108 valence electrons. The van der Waals surface area contributed by atoms with E-state index in [0.29, 0.717) is 6.54 Å². The summed E-state index contributed by atoms with van der Waals surface area (Å²) in [6, 6.07) is 6.81. The summed E-state index contributed by atoms with van der Waals surface area (Å²) in [6.45, 7) is 4.55. The Morgan fingerprint density at radius 2 is 2.05 bits per heavy atom. The zero-order valence-electron chi connectivity index (χ0n) is 12.5. The Kier molecular flexibility index (Phi) is 3.57. The summed E-state index contributed by atoms with van der Waals surface area (Å²) in [5.74, 6) is 0. The second kappa shape index (κ2) is 5.23. The highest BCUT2D eigenvalue weighted by Gasteiger charge is 2.35. The second-order valence-electron chi connectivity index (χ2n) is 5.96. The van der Waals surface area contributed by atoms with E-state index in [-0.39, 0.29) is 5.41 Å². The number of ether oxygens (including phenoxy) is 1. The average molecular weight is 272 g/mol. The molecule has 1 aliphatic rings. The summed E-state index contributed by atoms with van der Waals surface area (Å²) in [4.78, 5) is 0. The topological polar surface area (TPSA) is 40.2 Å². The van der Waals surface area contributed by atoms with Gasteiger partial charge >= 0.3 is 0 Å². The zero-order chi connectivity index (χ0) is 14.2. The van der Waals surface area contributed by atoms with Crippen molar-refractivity contribution >= 4 is 10.9 Å². The molecule has 0 bridgehead atoms.